The van der Waals surface area contributed by atoms with Crippen molar-refractivity contribution in [3.8, 4) is 10.4 Å². The van der Waals surface area contributed by atoms with E-state index in [4.69, 9.17) is 4.74 Å². The Kier molecular flexibility index (Phi) is 5.82. The number of carbonyl (C=O) groups is 1. The van der Waals surface area contributed by atoms with Crippen LogP contribution in [0.25, 0.3) is 20.7 Å². The van der Waals surface area contributed by atoms with Crippen LogP contribution in [-0.4, -0.2) is 28.3 Å². The van der Waals surface area contributed by atoms with E-state index in [0.717, 1.165) is 38.5 Å². The maximum Gasteiger partial charge on any atom is 0.316 e. The molecule has 2 heterocycles. The highest BCUT2D eigenvalue weighted by Gasteiger charge is 2.12. The molecule has 3 aromatic rings. The molecule has 0 aliphatic heterocycles. The summed E-state index contributed by atoms with van der Waals surface area (Å²) in [5.41, 5.74) is 1.16. The zero-order chi connectivity index (χ0) is 16.8. The van der Waals surface area contributed by atoms with Crippen LogP contribution in [0.2, 0.25) is 0 Å². The zero-order valence-electron chi connectivity index (χ0n) is 13.4. The Balaban J connectivity index is 1.74. The minimum absolute atomic E-state index is 0.196. The Hall–Kier alpha value is -1.92. The largest absolute Gasteiger partial charge is 0.465 e. The van der Waals surface area contributed by atoms with Gasteiger partial charge in [-0.05, 0) is 18.1 Å². The van der Waals surface area contributed by atoms with Crippen LogP contribution in [0.1, 0.15) is 19.8 Å². The maximum atomic E-state index is 11.8. The van der Waals surface area contributed by atoms with Gasteiger partial charge in [0.25, 0.3) is 0 Å². The fraction of sp³-hybridized carbons (Fsp3) is 0.278. The number of rotatable bonds is 7. The topological polar surface area (TPSA) is 52.1 Å². The molecule has 0 spiro atoms. The standard InChI is InChI=1S/C18H18N2O2S2/c1-2-3-9-22-16(21)11-23-17-14-10-15(13-7-5-4-6-8-13)24-18(14)20-12-19-17/h4-8,10,12H,2-3,9,11H2,1H3. The lowest BCUT2D eigenvalue weighted by atomic mass is 10.2. The van der Waals surface area contributed by atoms with Crippen LogP contribution in [0, 0.1) is 0 Å². The number of thioether (sulfide) groups is 1. The van der Waals surface area contributed by atoms with E-state index in [1.165, 1.54) is 11.8 Å². The number of esters is 1. The molecule has 2 aromatic heterocycles. The number of unbranched alkanes of at least 4 members (excludes halogenated alkanes) is 1. The van der Waals surface area contributed by atoms with E-state index >= 15 is 0 Å². The second-order valence-corrected chi connectivity index (χ2v) is 7.23. The molecule has 0 saturated carbocycles. The molecule has 0 bridgehead atoms. The van der Waals surface area contributed by atoms with Gasteiger partial charge in [-0.1, -0.05) is 55.4 Å². The molecule has 3 rings (SSSR count). The summed E-state index contributed by atoms with van der Waals surface area (Å²) in [4.78, 5) is 22.5. The Morgan fingerprint density at radius 1 is 1.25 bits per heavy atom. The molecule has 0 N–H and O–H groups in total. The monoisotopic (exact) mass is 358 g/mol. The molecule has 0 aliphatic carbocycles. The van der Waals surface area contributed by atoms with E-state index < -0.39 is 0 Å². The fourth-order valence-electron chi connectivity index (χ4n) is 2.19. The van der Waals surface area contributed by atoms with E-state index in [9.17, 15) is 4.79 Å². The van der Waals surface area contributed by atoms with Gasteiger partial charge in [-0.25, -0.2) is 9.97 Å². The number of hydrogen-bond acceptors (Lipinski definition) is 6. The van der Waals surface area contributed by atoms with Crippen LogP contribution in [0.15, 0.2) is 47.8 Å². The Bertz CT molecular complexity index is 818. The normalized spacial score (nSPS) is 10.9. The van der Waals surface area contributed by atoms with Crippen LogP contribution in [0.3, 0.4) is 0 Å². The summed E-state index contributed by atoms with van der Waals surface area (Å²) in [5.74, 6) is 0.0746. The maximum absolute atomic E-state index is 11.8. The smallest absolute Gasteiger partial charge is 0.316 e. The first-order valence-corrected chi connectivity index (χ1v) is 9.66. The third-order valence-corrected chi connectivity index (χ3v) is 5.51. The third-order valence-electron chi connectivity index (χ3n) is 3.44. The van der Waals surface area contributed by atoms with Crippen molar-refractivity contribution >= 4 is 39.3 Å². The molecular weight excluding hydrogens is 340 g/mol. The van der Waals surface area contributed by atoms with Gasteiger partial charge in [0.05, 0.1) is 12.4 Å². The van der Waals surface area contributed by atoms with E-state index in [1.54, 1.807) is 17.7 Å². The van der Waals surface area contributed by atoms with E-state index in [0.29, 0.717) is 6.61 Å². The molecule has 124 valence electrons. The summed E-state index contributed by atoms with van der Waals surface area (Å²) in [6, 6.07) is 12.3. The summed E-state index contributed by atoms with van der Waals surface area (Å²) in [6.07, 6.45) is 3.47. The number of hydrogen-bond donors (Lipinski definition) is 0. The lowest BCUT2D eigenvalue weighted by Gasteiger charge is -2.03. The average Bonchev–Trinajstić information content (AvgIpc) is 3.06. The van der Waals surface area contributed by atoms with Crippen molar-refractivity contribution in [3.05, 3.63) is 42.7 Å². The van der Waals surface area contributed by atoms with Crippen molar-refractivity contribution in [3.63, 3.8) is 0 Å². The lowest BCUT2D eigenvalue weighted by molar-refractivity contribution is -0.140. The van der Waals surface area contributed by atoms with Crippen LogP contribution in [-0.2, 0) is 9.53 Å². The average molecular weight is 358 g/mol. The number of thiophene rings is 1. The first-order chi connectivity index (χ1) is 11.8. The van der Waals surface area contributed by atoms with Gasteiger partial charge in [0.2, 0.25) is 0 Å². The number of carbonyl (C=O) groups excluding carboxylic acids is 1. The molecule has 0 amide bonds. The summed E-state index contributed by atoms with van der Waals surface area (Å²) in [6.45, 7) is 2.56. The number of fused-ring (bicyclic) bond motifs is 1. The molecular formula is C18H18N2O2S2. The predicted octanol–water partition coefficient (Wildman–Crippen LogP) is 4.79. The van der Waals surface area contributed by atoms with Crippen molar-refractivity contribution < 1.29 is 9.53 Å². The van der Waals surface area contributed by atoms with Gasteiger partial charge >= 0.3 is 5.97 Å². The van der Waals surface area contributed by atoms with Crippen molar-refractivity contribution in [2.45, 2.75) is 24.8 Å². The van der Waals surface area contributed by atoms with Crippen molar-refractivity contribution in [2.24, 2.45) is 0 Å². The molecule has 0 fully saturated rings. The third kappa shape index (κ3) is 4.13. The summed E-state index contributed by atoms with van der Waals surface area (Å²) in [7, 11) is 0. The number of aromatic nitrogens is 2. The van der Waals surface area contributed by atoms with Gasteiger partial charge in [-0.15, -0.1) is 11.3 Å². The second-order valence-electron chi connectivity index (χ2n) is 5.24. The van der Waals surface area contributed by atoms with Crippen LogP contribution in [0.5, 0.6) is 0 Å². The molecule has 4 nitrogen and oxygen atoms in total. The minimum atomic E-state index is -0.196. The van der Waals surface area contributed by atoms with Gasteiger partial charge in [0, 0.05) is 10.3 Å². The van der Waals surface area contributed by atoms with E-state index in [-0.39, 0.29) is 11.7 Å². The van der Waals surface area contributed by atoms with E-state index in [2.05, 4.69) is 35.1 Å². The Morgan fingerprint density at radius 2 is 2.08 bits per heavy atom. The number of nitrogens with zero attached hydrogens (tertiary/aromatic N) is 2. The zero-order valence-corrected chi connectivity index (χ0v) is 15.0. The van der Waals surface area contributed by atoms with Crippen LogP contribution in [0.4, 0.5) is 0 Å². The number of benzene rings is 1. The van der Waals surface area contributed by atoms with Gasteiger partial charge < -0.3 is 4.74 Å². The van der Waals surface area contributed by atoms with Crippen LogP contribution >= 0.6 is 23.1 Å². The van der Waals surface area contributed by atoms with Crippen molar-refractivity contribution in [1.29, 1.82) is 0 Å². The SMILES string of the molecule is CCCCOC(=O)CSc1ncnc2sc(-c3ccccc3)cc12. The van der Waals surface area contributed by atoms with Gasteiger partial charge in [-0.2, -0.15) is 0 Å². The van der Waals surface area contributed by atoms with Crippen LogP contribution < -0.4 is 0 Å². The minimum Gasteiger partial charge on any atom is -0.465 e. The van der Waals surface area contributed by atoms with Crippen molar-refractivity contribution in [2.75, 3.05) is 12.4 Å². The van der Waals surface area contributed by atoms with Gasteiger partial charge in [-0.3, -0.25) is 4.79 Å². The number of ether oxygens (including phenoxy) is 1. The predicted molar refractivity (Wildman–Crippen MR) is 99.4 cm³/mol. The summed E-state index contributed by atoms with van der Waals surface area (Å²) in [5, 5.41) is 1.82. The molecule has 0 radical (unpaired) electrons. The Labute approximate surface area is 149 Å². The summed E-state index contributed by atoms with van der Waals surface area (Å²) < 4.78 is 5.19. The molecule has 1 aromatic carbocycles. The molecule has 6 heteroatoms. The first kappa shape index (κ1) is 16.9. The molecule has 0 aliphatic rings. The Morgan fingerprint density at radius 3 is 2.88 bits per heavy atom. The van der Waals surface area contributed by atoms with Gasteiger partial charge in [0.15, 0.2) is 0 Å². The highest BCUT2D eigenvalue weighted by atomic mass is 32.2. The van der Waals surface area contributed by atoms with E-state index in [1.807, 2.05) is 18.2 Å². The highest BCUT2D eigenvalue weighted by molar-refractivity contribution is 8.00. The first-order valence-electron chi connectivity index (χ1n) is 7.86. The highest BCUT2D eigenvalue weighted by Crippen LogP contribution is 2.35. The van der Waals surface area contributed by atoms with Gasteiger partial charge in [0.1, 0.15) is 16.2 Å². The molecule has 0 atom stereocenters. The second kappa shape index (κ2) is 8.26. The molecule has 0 unspecified atom stereocenters. The lowest BCUT2D eigenvalue weighted by Crippen LogP contribution is -2.08. The summed E-state index contributed by atoms with van der Waals surface area (Å²) >= 11 is 3.04. The quantitative estimate of drug-likeness (QED) is 0.263. The fourth-order valence-corrected chi connectivity index (χ4v) is 4.03. The van der Waals surface area contributed by atoms with Crippen molar-refractivity contribution in [1.82, 2.24) is 9.97 Å². The molecule has 24 heavy (non-hydrogen) atoms. The molecule has 0 saturated heterocycles.